The summed E-state index contributed by atoms with van der Waals surface area (Å²) in [5.41, 5.74) is 1.32. The lowest BCUT2D eigenvalue weighted by atomic mass is 10.0. The predicted molar refractivity (Wildman–Crippen MR) is 91.3 cm³/mol. The Balaban J connectivity index is 1.36. The molecule has 1 aromatic rings. The van der Waals surface area contributed by atoms with Crippen LogP contribution < -0.4 is 5.32 Å². The van der Waals surface area contributed by atoms with Gasteiger partial charge in [0, 0.05) is 13.1 Å². The maximum Gasteiger partial charge on any atom is 0.239 e. The van der Waals surface area contributed by atoms with Crippen molar-refractivity contribution >= 4 is 5.91 Å². The van der Waals surface area contributed by atoms with Gasteiger partial charge in [-0.3, -0.25) is 4.79 Å². The molecule has 0 bridgehead atoms. The average Bonchev–Trinajstić information content (AvgIpc) is 2.63. The molecule has 2 aliphatic rings. The molecule has 2 fully saturated rings. The summed E-state index contributed by atoms with van der Waals surface area (Å²) in [6.07, 6.45) is 6.56. The minimum atomic E-state index is 0.0549. The van der Waals surface area contributed by atoms with Crippen molar-refractivity contribution in [1.29, 1.82) is 0 Å². The lowest BCUT2D eigenvalue weighted by Gasteiger charge is -2.35. The van der Waals surface area contributed by atoms with Crippen LogP contribution in [0.25, 0.3) is 0 Å². The molecule has 4 heteroatoms. The number of hydrogen-bond acceptors (Lipinski definition) is 3. The van der Waals surface area contributed by atoms with Crippen LogP contribution in [0.15, 0.2) is 30.3 Å². The van der Waals surface area contributed by atoms with Gasteiger partial charge < -0.3 is 15.0 Å². The van der Waals surface area contributed by atoms with E-state index in [1.807, 2.05) is 11.0 Å². The molecule has 3 rings (SSSR count). The number of piperidine rings is 2. The molecule has 4 nitrogen and oxygen atoms in total. The maximum absolute atomic E-state index is 12.5. The minimum absolute atomic E-state index is 0.0549. The predicted octanol–water partition coefficient (Wildman–Crippen LogP) is 2.38. The Hall–Kier alpha value is -1.39. The second kappa shape index (κ2) is 8.46. The Morgan fingerprint density at radius 1 is 1.13 bits per heavy atom. The van der Waals surface area contributed by atoms with Crippen molar-refractivity contribution in [3.8, 4) is 0 Å². The number of carbonyl (C=O) groups excluding carboxylic acids is 1. The largest absolute Gasteiger partial charge is 0.378 e. The summed E-state index contributed by atoms with van der Waals surface area (Å²) in [5, 5.41) is 3.36. The van der Waals surface area contributed by atoms with Crippen molar-refractivity contribution in [2.45, 2.75) is 50.7 Å². The summed E-state index contributed by atoms with van der Waals surface area (Å²) in [5.74, 6) is 0.299. The van der Waals surface area contributed by atoms with Crippen LogP contribution >= 0.6 is 0 Å². The first kappa shape index (κ1) is 16.5. The monoisotopic (exact) mass is 316 g/mol. The van der Waals surface area contributed by atoms with E-state index < -0.39 is 0 Å². The first-order chi connectivity index (χ1) is 11.3. The molecule has 1 atom stereocenters. The fraction of sp³-hybridized carbons (Fsp3) is 0.632. The van der Waals surface area contributed by atoms with Crippen molar-refractivity contribution in [2.75, 3.05) is 26.2 Å². The number of benzene rings is 1. The van der Waals surface area contributed by atoms with E-state index in [1.54, 1.807) is 0 Å². The summed E-state index contributed by atoms with van der Waals surface area (Å²) in [6.45, 7) is 3.43. The van der Waals surface area contributed by atoms with Crippen molar-refractivity contribution in [2.24, 2.45) is 0 Å². The Labute approximate surface area is 139 Å². The highest BCUT2D eigenvalue weighted by Gasteiger charge is 2.29. The third-order valence-corrected chi connectivity index (χ3v) is 4.95. The third-order valence-electron chi connectivity index (χ3n) is 4.95. The minimum Gasteiger partial charge on any atom is -0.378 e. The molecule has 1 amide bonds. The number of hydrogen-bond donors (Lipinski definition) is 1. The Kier molecular flexibility index (Phi) is 6.06. The number of nitrogens with zero attached hydrogens (tertiary/aromatic N) is 1. The highest BCUT2D eigenvalue weighted by Crippen LogP contribution is 2.17. The van der Waals surface area contributed by atoms with Crippen LogP contribution in [0.3, 0.4) is 0 Å². The molecule has 0 saturated carbocycles. The number of amides is 1. The lowest BCUT2D eigenvalue weighted by Crippen LogP contribution is -2.51. The molecule has 0 aromatic heterocycles. The number of carbonyl (C=O) groups is 1. The van der Waals surface area contributed by atoms with Gasteiger partial charge in [0.25, 0.3) is 0 Å². The van der Waals surface area contributed by atoms with Crippen LogP contribution in [0.5, 0.6) is 0 Å². The second-order valence-corrected chi connectivity index (χ2v) is 6.63. The van der Waals surface area contributed by atoms with Crippen LogP contribution in [0.2, 0.25) is 0 Å². The van der Waals surface area contributed by atoms with E-state index in [2.05, 4.69) is 29.6 Å². The molecule has 2 aliphatic heterocycles. The van der Waals surface area contributed by atoms with Crippen molar-refractivity contribution < 1.29 is 9.53 Å². The first-order valence-corrected chi connectivity index (χ1v) is 9.00. The number of likely N-dealkylation sites (tertiary alicyclic amines) is 1. The molecular weight excluding hydrogens is 288 g/mol. The zero-order valence-electron chi connectivity index (χ0n) is 13.9. The van der Waals surface area contributed by atoms with Gasteiger partial charge in [0.15, 0.2) is 0 Å². The molecule has 1 N–H and O–H groups in total. The highest BCUT2D eigenvalue weighted by atomic mass is 16.5. The topological polar surface area (TPSA) is 41.6 Å². The Morgan fingerprint density at radius 3 is 2.61 bits per heavy atom. The van der Waals surface area contributed by atoms with Crippen LogP contribution in [-0.2, 0) is 16.0 Å². The van der Waals surface area contributed by atoms with E-state index >= 15 is 0 Å². The molecule has 0 spiro atoms. The quantitative estimate of drug-likeness (QED) is 0.907. The summed E-state index contributed by atoms with van der Waals surface area (Å²) in [6, 6.07) is 10.5. The van der Waals surface area contributed by atoms with Gasteiger partial charge in [-0.1, -0.05) is 36.8 Å². The highest BCUT2D eigenvalue weighted by molar-refractivity contribution is 5.82. The van der Waals surface area contributed by atoms with Gasteiger partial charge in [0.2, 0.25) is 5.91 Å². The van der Waals surface area contributed by atoms with E-state index in [-0.39, 0.29) is 6.04 Å². The number of nitrogens with one attached hydrogen (secondary N) is 1. The van der Waals surface area contributed by atoms with Crippen molar-refractivity contribution in [3.05, 3.63) is 35.9 Å². The molecule has 1 unspecified atom stereocenters. The summed E-state index contributed by atoms with van der Waals surface area (Å²) < 4.78 is 6.01. The van der Waals surface area contributed by atoms with Gasteiger partial charge in [0.05, 0.1) is 18.8 Å². The van der Waals surface area contributed by atoms with E-state index in [1.165, 1.54) is 18.4 Å². The SMILES string of the molecule is O=C(C1CCCCN1)N1CCC(OCCc2ccccc2)CC1. The molecule has 126 valence electrons. The fourth-order valence-corrected chi connectivity index (χ4v) is 3.51. The summed E-state index contributed by atoms with van der Waals surface area (Å²) >= 11 is 0. The van der Waals surface area contributed by atoms with Gasteiger partial charge in [-0.15, -0.1) is 0 Å². The zero-order chi connectivity index (χ0) is 15.9. The van der Waals surface area contributed by atoms with Crippen LogP contribution in [0.1, 0.15) is 37.7 Å². The average molecular weight is 316 g/mol. The molecule has 23 heavy (non-hydrogen) atoms. The fourth-order valence-electron chi connectivity index (χ4n) is 3.51. The molecule has 0 aliphatic carbocycles. The van der Waals surface area contributed by atoms with Crippen LogP contribution in [0.4, 0.5) is 0 Å². The summed E-state index contributed by atoms with van der Waals surface area (Å²) in [7, 11) is 0. The lowest BCUT2D eigenvalue weighted by molar-refractivity contribution is -0.136. The molecule has 0 radical (unpaired) electrons. The van der Waals surface area contributed by atoms with E-state index in [4.69, 9.17) is 4.74 Å². The number of rotatable bonds is 5. The van der Waals surface area contributed by atoms with Gasteiger partial charge in [-0.2, -0.15) is 0 Å². The normalized spacial score (nSPS) is 23.0. The zero-order valence-corrected chi connectivity index (χ0v) is 13.9. The van der Waals surface area contributed by atoms with Gasteiger partial charge in [-0.05, 0) is 44.2 Å². The van der Waals surface area contributed by atoms with Gasteiger partial charge in [-0.25, -0.2) is 0 Å². The molecular formula is C19H28N2O2. The van der Waals surface area contributed by atoms with Gasteiger partial charge >= 0.3 is 0 Å². The van der Waals surface area contributed by atoms with Gasteiger partial charge in [0.1, 0.15) is 0 Å². The van der Waals surface area contributed by atoms with E-state index in [0.29, 0.717) is 12.0 Å². The van der Waals surface area contributed by atoms with E-state index in [0.717, 1.165) is 51.9 Å². The van der Waals surface area contributed by atoms with Crippen LogP contribution in [0, 0.1) is 0 Å². The van der Waals surface area contributed by atoms with Crippen LogP contribution in [-0.4, -0.2) is 49.2 Å². The Bertz CT molecular complexity index is 477. The third kappa shape index (κ3) is 4.79. The van der Waals surface area contributed by atoms with Crippen molar-refractivity contribution in [3.63, 3.8) is 0 Å². The molecule has 2 saturated heterocycles. The van der Waals surface area contributed by atoms with E-state index in [9.17, 15) is 4.79 Å². The number of ether oxygens (including phenoxy) is 1. The smallest absolute Gasteiger partial charge is 0.239 e. The maximum atomic E-state index is 12.5. The Morgan fingerprint density at radius 2 is 1.91 bits per heavy atom. The molecule has 2 heterocycles. The summed E-state index contributed by atoms with van der Waals surface area (Å²) in [4.78, 5) is 14.5. The van der Waals surface area contributed by atoms with Crippen molar-refractivity contribution in [1.82, 2.24) is 10.2 Å². The second-order valence-electron chi connectivity index (χ2n) is 6.63. The first-order valence-electron chi connectivity index (χ1n) is 9.00. The molecule has 1 aromatic carbocycles. The standard InChI is InChI=1S/C19H28N2O2/c22-19(18-8-4-5-12-20-18)21-13-9-17(10-14-21)23-15-11-16-6-2-1-3-7-16/h1-3,6-7,17-18,20H,4-5,8-15H2.